The molecule has 1 atom stereocenters. The van der Waals surface area contributed by atoms with Gasteiger partial charge in [0.2, 0.25) is 11.8 Å². The Labute approximate surface area is 165 Å². The molecule has 0 radical (unpaired) electrons. The Morgan fingerprint density at radius 2 is 1.67 bits per heavy atom. The Balaban J connectivity index is 1.92. The second-order valence-corrected chi connectivity index (χ2v) is 9.74. The molecule has 1 N–H and O–H groups in total. The summed E-state index contributed by atoms with van der Waals surface area (Å²) in [5.41, 5.74) is 0.0208. The molecule has 0 spiro atoms. The summed E-state index contributed by atoms with van der Waals surface area (Å²) in [5.74, 6) is 0.884. The molecular formula is C21H40N4O2. The highest BCUT2D eigenvalue weighted by molar-refractivity contribution is 5.82. The maximum absolute atomic E-state index is 13.0. The molecule has 1 aliphatic heterocycles. The van der Waals surface area contributed by atoms with Crippen molar-refractivity contribution in [3.63, 3.8) is 0 Å². The summed E-state index contributed by atoms with van der Waals surface area (Å²) in [5, 5.41) is 3.15. The molecule has 2 amide bonds. The van der Waals surface area contributed by atoms with Gasteiger partial charge in [0.05, 0.1) is 6.04 Å². The van der Waals surface area contributed by atoms with Gasteiger partial charge in [-0.2, -0.15) is 0 Å². The third-order valence-electron chi connectivity index (χ3n) is 5.72. The average molecular weight is 381 g/mol. The molecule has 2 aliphatic rings. The van der Waals surface area contributed by atoms with Crippen LogP contribution in [-0.4, -0.2) is 85.9 Å². The fraction of sp³-hybridized carbons (Fsp3) is 0.905. The number of carbonyl (C=O) groups is 2. The van der Waals surface area contributed by atoms with Crippen LogP contribution in [0.15, 0.2) is 0 Å². The first-order valence-corrected chi connectivity index (χ1v) is 10.6. The van der Waals surface area contributed by atoms with E-state index in [1.165, 1.54) is 12.8 Å². The van der Waals surface area contributed by atoms with E-state index in [0.29, 0.717) is 18.9 Å². The SMILES string of the molecule is CN(C)CCNC(=O)C(C1CCCC1)N1CCN(C(=O)CC(C)(C)C)CC1. The van der Waals surface area contributed by atoms with Crippen molar-refractivity contribution >= 4 is 11.8 Å². The molecule has 2 fully saturated rings. The van der Waals surface area contributed by atoms with Gasteiger partial charge in [0, 0.05) is 45.7 Å². The first kappa shape index (κ1) is 22.2. The van der Waals surface area contributed by atoms with Crippen molar-refractivity contribution in [1.82, 2.24) is 20.0 Å². The van der Waals surface area contributed by atoms with Crippen molar-refractivity contribution < 1.29 is 9.59 Å². The van der Waals surface area contributed by atoms with Crippen molar-refractivity contribution in [3.05, 3.63) is 0 Å². The minimum Gasteiger partial charge on any atom is -0.353 e. The molecule has 0 aromatic rings. The van der Waals surface area contributed by atoms with Gasteiger partial charge in [0.15, 0.2) is 0 Å². The molecule has 1 saturated carbocycles. The minimum atomic E-state index is -0.0328. The van der Waals surface area contributed by atoms with Crippen LogP contribution in [0.4, 0.5) is 0 Å². The van der Waals surface area contributed by atoms with Crippen molar-refractivity contribution in [3.8, 4) is 0 Å². The zero-order valence-electron chi connectivity index (χ0n) is 18.1. The number of hydrogen-bond donors (Lipinski definition) is 1. The zero-order valence-corrected chi connectivity index (χ0v) is 18.1. The van der Waals surface area contributed by atoms with Gasteiger partial charge in [-0.15, -0.1) is 0 Å². The Morgan fingerprint density at radius 1 is 1.07 bits per heavy atom. The minimum absolute atomic E-state index is 0.0208. The Bertz CT molecular complexity index is 487. The molecule has 156 valence electrons. The number of rotatable bonds is 7. The van der Waals surface area contributed by atoms with Crippen LogP contribution in [0.1, 0.15) is 52.9 Å². The number of nitrogens with one attached hydrogen (secondary N) is 1. The number of likely N-dealkylation sites (N-methyl/N-ethyl adjacent to an activating group) is 1. The standard InChI is InChI=1S/C21H40N4O2/c1-21(2,3)16-18(26)24-12-14-25(15-13-24)19(17-8-6-7-9-17)20(27)22-10-11-23(4)5/h17,19H,6-16H2,1-5H3,(H,22,27). The summed E-state index contributed by atoms with van der Waals surface area (Å²) < 4.78 is 0. The lowest BCUT2D eigenvalue weighted by atomic mass is 9.91. The summed E-state index contributed by atoms with van der Waals surface area (Å²) in [6.45, 7) is 11.0. The number of hydrogen-bond acceptors (Lipinski definition) is 4. The lowest BCUT2D eigenvalue weighted by Crippen LogP contribution is -2.58. The monoisotopic (exact) mass is 380 g/mol. The summed E-state index contributed by atoms with van der Waals surface area (Å²) in [7, 11) is 4.04. The highest BCUT2D eigenvalue weighted by atomic mass is 16.2. The van der Waals surface area contributed by atoms with Gasteiger partial charge in [-0.25, -0.2) is 0 Å². The fourth-order valence-electron chi connectivity index (χ4n) is 4.27. The van der Waals surface area contributed by atoms with Crippen molar-refractivity contribution in [2.45, 2.75) is 58.9 Å². The third-order valence-corrected chi connectivity index (χ3v) is 5.72. The first-order chi connectivity index (χ1) is 12.7. The van der Waals surface area contributed by atoms with Crippen LogP contribution in [-0.2, 0) is 9.59 Å². The molecule has 6 nitrogen and oxygen atoms in total. The Kier molecular flexibility index (Phi) is 8.10. The van der Waals surface area contributed by atoms with Crippen LogP contribution >= 0.6 is 0 Å². The second-order valence-electron chi connectivity index (χ2n) is 9.74. The van der Waals surface area contributed by atoms with Gasteiger partial charge in [-0.3, -0.25) is 14.5 Å². The quantitative estimate of drug-likeness (QED) is 0.732. The zero-order chi connectivity index (χ0) is 20.0. The summed E-state index contributed by atoms with van der Waals surface area (Å²) >= 11 is 0. The first-order valence-electron chi connectivity index (χ1n) is 10.6. The third kappa shape index (κ3) is 7.07. The highest BCUT2D eigenvalue weighted by Gasteiger charge is 2.37. The average Bonchev–Trinajstić information content (AvgIpc) is 3.08. The molecule has 1 heterocycles. The molecule has 0 aromatic carbocycles. The Morgan fingerprint density at radius 3 is 2.19 bits per heavy atom. The van der Waals surface area contributed by atoms with Crippen LogP contribution < -0.4 is 5.32 Å². The van der Waals surface area contributed by atoms with Crippen LogP contribution in [0.5, 0.6) is 0 Å². The fourth-order valence-corrected chi connectivity index (χ4v) is 4.27. The van der Waals surface area contributed by atoms with E-state index in [2.05, 4.69) is 35.9 Å². The van der Waals surface area contributed by atoms with Crippen LogP contribution in [0.2, 0.25) is 0 Å². The van der Waals surface area contributed by atoms with Gasteiger partial charge >= 0.3 is 0 Å². The molecular weight excluding hydrogens is 340 g/mol. The summed E-state index contributed by atoms with van der Waals surface area (Å²) in [6, 6.07) is -0.0328. The van der Waals surface area contributed by atoms with Crippen molar-refractivity contribution in [1.29, 1.82) is 0 Å². The smallest absolute Gasteiger partial charge is 0.237 e. The number of carbonyl (C=O) groups excluding carboxylic acids is 2. The van der Waals surface area contributed by atoms with Crippen LogP contribution in [0.3, 0.4) is 0 Å². The maximum atomic E-state index is 13.0. The molecule has 1 aliphatic carbocycles. The molecule has 1 saturated heterocycles. The largest absolute Gasteiger partial charge is 0.353 e. The van der Waals surface area contributed by atoms with E-state index < -0.39 is 0 Å². The predicted octanol–water partition coefficient (Wildman–Crippen LogP) is 1.80. The van der Waals surface area contributed by atoms with E-state index >= 15 is 0 Å². The van der Waals surface area contributed by atoms with Gasteiger partial charge in [-0.1, -0.05) is 33.6 Å². The van der Waals surface area contributed by atoms with E-state index in [1.807, 2.05) is 19.0 Å². The van der Waals surface area contributed by atoms with E-state index in [-0.39, 0.29) is 23.3 Å². The van der Waals surface area contributed by atoms with Crippen molar-refractivity contribution in [2.24, 2.45) is 11.3 Å². The normalized spacial score (nSPS) is 20.9. The van der Waals surface area contributed by atoms with E-state index in [9.17, 15) is 9.59 Å². The van der Waals surface area contributed by atoms with Gasteiger partial charge in [0.1, 0.15) is 0 Å². The topological polar surface area (TPSA) is 55.9 Å². The molecule has 27 heavy (non-hydrogen) atoms. The molecule has 2 rings (SSSR count). The molecule has 6 heteroatoms. The lowest BCUT2D eigenvalue weighted by molar-refractivity contribution is -0.136. The van der Waals surface area contributed by atoms with Gasteiger partial charge in [-0.05, 0) is 38.3 Å². The molecule has 0 aromatic heterocycles. The predicted molar refractivity (Wildman–Crippen MR) is 110 cm³/mol. The van der Waals surface area contributed by atoms with E-state index in [0.717, 1.165) is 45.6 Å². The lowest BCUT2D eigenvalue weighted by Gasteiger charge is -2.41. The summed E-state index contributed by atoms with van der Waals surface area (Å²) in [6.07, 6.45) is 5.35. The highest BCUT2D eigenvalue weighted by Crippen LogP contribution is 2.31. The van der Waals surface area contributed by atoms with Gasteiger partial charge < -0.3 is 15.1 Å². The Hall–Kier alpha value is -1.14. The molecule has 0 bridgehead atoms. The number of nitrogens with zero attached hydrogens (tertiary/aromatic N) is 3. The van der Waals surface area contributed by atoms with Gasteiger partial charge in [0.25, 0.3) is 0 Å². The molecule has 1 unspecified atom stereocenters. The number of piperazine rings is 1. The van der Waals surface area contributed by atoms with E-state index in [4.69, 9.17) is 0 Å². The second kappa shape index (κ2) is 9.87. The summed E-state index contributed by atoms with van der Waals surface area (Å²) in [4.78, 5) is 31.9. The van der Waals surface area contributed by atoms with E-state index in [1.54, 1.807) is 0 Å². The van der Waals surface area contributed by atoms with Crippen LogP contribution in [0.25, 0.3) is 0 Å². The van der Waals surface area contributed by atoms with Crippen molar-refractivity contribution in [2.75, 3.05) is 53.4 Å². The number of amides is 2. The van der Waals surface area contributed by atoms with Crippen LogP contribution in [0, 0.1) is 11.3 Å². The maximum Gasteiger partial charge on any atom is 0.237 e.